The molecule has 6 heterocycles. The zero-order valence-corrected chi connectivity index (χ0v) is 103. The lowest BCUT2D eigenvalue weighted by atomic mass is 9.47. The number of hydrogen-bond acceptors (Lipinski definition) is 3. The summed E-state index contributed by atoms with van der Waals surface area (Å²) in [5.74, 6) is 18.4. The molecule has 8 unspecified atom stereocenters. The first-order valence-electron chi connectivity index (χ1n) is 62.4. The lowest BCUT2D eigenvalue weighted by molar-refractivity contribution is -0.0700. The minimum atomic E-state index is 0.445. The fourth-order valence-electron chi connectivity index (χ4n) is 29.5. The molecule has 3 nitrogen and oxygen atoms in total. The summed E-state index contributed by atoms with van der Waals surface area (Å²) in [5, 5.41) is 0. The van der Waals surface area contributed by atoms with Gasteiger partial charge in [0, 0.05) is 25.3 Å². The Balaban J connectivity index is 0.000000228. The Morgan fingerprint density at radius 2 is 0.565 bits per heavy atom. The van der Waals surface area contributed by atoms with Crippen molar-refractivity contribution in [3.63, 3.8) is 0 Å². The van der Waals surface area contributed by atoms with E-state index >= 15 is 0 Å². The highest BCUT2D eigenvalue weighted by atomic mass is 16.5. The number of ether oxygens (including phenoxy) is 1. The van der Waals surface area contributed by atoms with Crippen molar-refractivity contribution in [1.82, 2.24) is 9.80 Å². The Labute approximate surface area is 872 Å². The number of hydrogen-bond donors (Lipinski definition) is 0. The van der Waals surface area contributed by atoms with Crippen molar-refractivity contribution in [2.45, 2.75) is 636 Å². The Morgan fingerprint density at radius 3 is 0.754 bits per heavy atom. The second-order valence-corrected chi connectivity index (χ2v) is 65.9. The van der Waals surface area contributed by atoms with Crippen molar-refractivity contribution >= 4 is 0 Å². The molecule has 138 heavy (non-hydrogen) atoms. The first-order chi connectivity index (χ1) is 63.4. The van der Waals surface area contributed by atoms with E-state index in [0.717, 1.165) is 137 Å². The van der Waals surface area contributed by atoms with Crippen molar-refractivity contribution in [3.8, 4) is 0 Å². The SMILES string of the molecule is CC(C)(C)C1(C)CC1.CC(C)(C)C12CCN(CC1)CC2.CC(C)(C)C1C2CCCC21.CC(C)(C)C1CC2(CCC2)C1.CC(C)(C)C1CCC1.CC(C)(C)C1CCC1.CC(C)(C)C1CCCC1.CC(C)(C)C1CCCC1.CC(C)(C)C1CCCCC1.CC(C)(C)C1CCCCC1.CC(C)(C)C1CCCCCC1.CC(C)(C)C1CCCOC1.CC(C)C1CC2CCC1N2C.CC(C)C1CC2CCCC2C1. The molecule has 0 N–H and O–H groups in total. The molecule has 0 amide bonds. The van der Waals surface area contributed by atoms with E-state index in [9.17, 15) is 0 Å². The van der Waals surface area contributed by atoms with Gasteiger partial charge in [-0.2, -0.15) is 0 Å². The molecule has 1 spiro atoms. The summed E-state index contributed by atoms with van der Waals surface area (Å²) in [4.78, 5) is 5.23. The first kappa shape index (κ1) is 127. The van der Waals surface area contributed by atoms with Crippen LogP contribution < -0.4 is 0 Å². The van der Waals surface area contributed by atoms with Crippen molar-refractivity contribution in [2.75, 3.05) is 39.9 Å². The summed E-state index contributed by atoms with van der Waals surface area (Å²) in [7, 11) is 2.31. The van der Waals surface area contributed by atoms with Crippen LogP contribution in [0.15, 0.2) is 0 Å². The van der Waals surface area contributed by atoms with Crippen LogP contribution in [0.25, 0.3) is 0 Å². The van der Waals surface area contributed by atoms with Gasteiger partial charge < -0.3 is 14.5 Å². The van der Waals surface area contributed by atoms with Crippen molar-refractivity contribution in [1.29, 1.82) is 0 Å². The van der Waals surface area contributed by atoms with Gasteiger partial charge in [0.2, 0.25) is 0 Å². The van der Waals surface area contributed by atoms with Gasteiger partial charge in [-0.3, -0.25) is 0 Å². The van der Waals surface area contributed by atoms with Gasteiger partial charge in [-0.15, -0.1) is 0 Å². The van der Waals surface area contributed by atoms with Gasteiger partial charge in [-0.1, -0.05) is 419 Å². The topological polar surface area (TPSA) is 15.7 Å². The van der Waals surface area contributed by atoms with E-state index in [1.165, 1.54) is 321 Å². The van der Waals surface area contributed by atoms with Crippen LogP contribution >= 0.6 is 0 Å². The molecule has 6 aliphatic heterocycles. The zero-order chi connectivity index (χ0) is 104. The van der Waals surface area contributed by atoms with Crippen LogP contribution in [0.2, 0.25) is 0 Å². The molecular formula is C135H262N2O. The van der Waals surface area contributed by atoms with Crippen LogP contribution in [-0.4, -0.2) is 61.8 Å². The standard InChI is InChI=1S/C11H21N.2C11H20.C11H22.C10H19N.C10H18.2C10H20.C9H18O.2C9H18.3C8H16/c1-10(2,3)11-4-7-12(8-5-11)9-6-11;1-10(2,3)9-7-11(8-9)5-4-6-11;1-8(2)11-6-9-4-3-5-10(9)7-11;1-11(2,3)10-8-6-4-5-7-9-10;1-7(2)9-6-8-4-5-10(9)11(8)3;1-10(2,3)9-7-5-4-6-8(7)9;2*1-10(2,3)9-7-5-4-6-8-9;1-9(2,3)8-5-4-6-10-7-8;2*1-9(2,3)8-6-4-5-7-8;1-7(2,3)8(4)5-6-8;2*1-8(2,3)7-5-4-6-7/h4-9H2,1-3H3;9H,4-8H2,1-3H3;8-11H,3-7H2,1-2H3;10H,4-9H2,1-3H3;7-10H,4-6H2,1-3H3;7-9H,4-6H2,1-3H3;2*9H,4-8H2,1-3H3;8H,4-7H2,1-3H3;2*8H,4-7H2,1-3H3;5-6H2,1-4H3;2*7H,4-6H2,1-3H3. The average Bonchev–Trinajstić information content (AvgIpc) is 1.62. The van der Waals surface area contributed by atoms with Gasteiger partial charge in [0.1, 0.15) is 0 Å². The second kappa shape index (κ2) is 54.7. The molecule has 818 valence electrons. The third-order valence-electron chi connectivity index (χ3n) is 43.2. The number of fused-ring (bicyclic) bond motifs is 7. The van der Waals surface area contributed by atoms with Crippen LogP contribution in [0.4, 0.5) is 0 Å². The summed E-state index contributed by atoms with van der Waals surface area (Å²) in [6, 6.07) is 1.87. The number of piperidine rings is 3. The van der Waals surface area contributed by atoms with Gasteiger partial charge in [-0.25, -0.2) is 0 Å². The van der Waals surface area contributed by atoms with E-state index < -0.39 is 0 Å². The predicted molar refractivity (Wildman–Crippen MR) is 619 cm³/mol. The minimum absolute atomic E-state index is 0.445. The van der Waals surface area contributed by atoms with Crippen molar-refractivity contribution in [3.05, 3.63) is 0 Å². The highest BCUT2D eigenvalue weighted by Crippen LogP contribution is 2.65. The van der Waals surface area contributed by atoms with Gasteiger partial charge in [0.15, 0.2) is 0 Å². The number of nitrogens with zero attached hydrogens (tertiary/aromatic N) is 2. The quantitative estimate of drug-likeness (QED) is 0.256. The average molecular weight is 1930 g/mol. The van der Waals surface area contributed by atoms with Gasteiger partial charge in [0.25, 0.3) is 0 Å². The molecule has 4 bridgehead atoms. The molecule has 0 radical (unpaired) electrons. The van der Waals surface area contributed by atoms with Crippen LogP contribution in [0, 0.1) is 188 Å². The summed E-state index contributed by atoms with van der Waals surface area (Å²) in [6.07, 6.45) is 78.5. The molecule has 20 rings (SSSR count). The smallest absolute Gasteiger partial charge is 0.0499 e. The molecule has 0 aromatic carbocycles. The maximum atomic E-state index is 5.41. The van der Waals surface area contributed by atoms with E-state index in [1.807, 2.05) is 0 Å². The Hall–Kier alpha value is -0.120. The fourth-order valence-corrected chi connectivity index (χ4v) is 29.5. The lowest BCUT2D eigenvalue weighted by Crippen LogP contribution is -2.53. The monoisotopic (exact) mass is 1930 g/mol. The normalized spacial score (nSPS) is 30.7. The third-order valence-corrected chi connectivity index (χ3v) is 43.2. The minimum Gasteiger partial charge on any atom is -0.381 e. The molecule has 0 aromatic rings. The van der Waals surface area contributed by atoms with Gasteiger partial charge >= 0.3 is 0 Å². The third kappa shape index (κ3) is 42.6. The first-order valence-corrected chi connectivity index (χ1v) is 62.4. The van der Waals surface area contributed by atoms with E-state index in [4.69, 9.17) is 4.74 Å². The Morgan fingerprint density at radius 1 is 0.268 bits per heavy atom. The molecule has 14 aliphatic carbocycles. The lowest BCUT2D eigenvalue weighted by Gasteiger charge is -2.58. The molecule has 20 aliphatic rings. The largest absolute Gasteiger partial charge is 0.381 e. The molecule has 0 aromatic heterocycles. The molecular weight excluding hydrogens is 1670 g/mol. The predicted octanol–water partition coefficient (Wildman–Crippen LogP) is 43.4. The van der Waals surface area contributed by atoms with Crippen molar-refractivity contribution in [2.24, 2.45) is 188 Å². The highest BCUT2D eigenvalue weighted by Gasteiger charge is 2.58. The summed E-state index contributed by atoms with van der Waals surface area (Å²) < 4.78 is 5.41. The van der Waals surface area contributed by atoms with Gasteiger partial charge in [0.05, 0.1) is 0 Å². The fraction of sp³-hybridized carbons (Fsp3) is 1.00. The zero-order valence-electron chi connectivity index (χ0n) is 103. The summed E-state index contributed by atoms with van der Waals surface area (Å²) in [6.45, 7) is 103. The van der Waals surface area contributed by atoms with E-state index in [-0.39, 0.29) is 0 Å². The number of rotatable bonds is 2. The maximum Gasteiger partial charge on any atom is 0.0499 e. The van der Waals surface area contributed by atoms with E-state index in [1.54, 1.807) is 38.5 Å². The molecule has 20 fully saturated rings. The highest BCUT2D eigenvalue weighted by molar-refractivity contribution is 5.07. The van der Waals surface area contributed by atoms with Crippen molar-refractivity contribution < 1.29 is 4.74 Å². The van der Waals surface area contributed by atoms with Crippen LogP contribution in [0.5, 0.6) is 0 Å². The summed E-state index contributed by atoms with van der Waals surface area (Å²) >= 11 is 0. The molecule has 14 saturated carbocycles. The van der Waals surface area contributed by atoms with Crippen LogP contribution in [0.3, 0.4) is 0 Å². The Kier molecular flexibility index (Phi) is 50.2. The van der Waals surface area contributed by atoms with E-state index in [2.05, 4.69) is 301 Å². The molecule has 3 heteroatoms. The Bertz CT molecular complexity index is 2980. The molecule has 8 atom stereocenters. The maximum absolute atomic E-state index is 5.41. The van der Waals surface area contributed by atoms with Crippen LogP contribution in [0.1, 0.15) is 624 Å². The van der Waals surface area contributed by atoms with Crippen LogP contribution in [-0.2, 0) is 4.74 Å². The second-order valence-electron chi connectivity index (χ2n) is 65.9. The molecule has 6 saturated heterocycles. The summed E-state index contributed by atoms with van der Waals surface area (Å²) in [5.41, 5.74) is 9.00. The van der Waals surface area contributed by atoms with Gasteiger partial charge in [-0.05, 0) is 420 Å². The van der Waals surface area contributed by atoms with E-state index in [0.29, 0.717) is 75.8 Å².